The van der Waals surface area contributed by atoms with Crippen LogP contribution in [0.1, 0.15) is 39.2 Å². The van der Waals surface area contributed by atoms with Gasteiger partial charge < -0.3 is 20.1 Å². The van der Waals surface area contributed by atoms with Crippen molar-refractivity contribution in [3.05, 3.63) is 80.4 Å². The SMILES string of the molecule is O=C(C[C@H](CC(=O)N1CCOCC1)N1C(=O)/C(=C/c2cc(-c3cc(C(F)(F)F)cc(C(F)(F)F)c3)cs2)SC1=S)Nc1ccc(C(=O)O)cc1. The van der Waals surface area contributed by atoms with Gasteiger partial charge in [-0.15, -0.1) is 11.3 Å². The molecule has 9 nitrogen and oxygen atoms in total. The number of amides is 3. The first-order valence-electron chi connectivity index (χ1n) is 14.6. The lowest BCUT2D eigenvalue weighted by Gasteiger charge is -2.31. The van der Waals surface area contributed by atoms with Gasteiger partial charge in [-0.3, -0.25) is 19.3 Å². The molecule has 0 unspecified atom stereocenters. The number of hydrogen-bond acceptors (Lipinski definition) is 8. The second kappa shape index (κ2) is 14.9. The highest BCUT2D eigenvalue weighted by Gasteiger charge is 2.40. The number of rotatable bonds is 9. The van der Waals surface area contributed by atoms with E-state index >= 15 is 0 Å². The Kier molecular flexibility index (Phi) is 11.0. The minimum absolute atomic E-state index is 0.0000760. The Bertz CT molecular complexity index is 1820. The zero-order valence-corrected chi connectivity index (χ0v) is 27.9. The molecule has 1 atom stereocenters. The highest BCUT2D eigenvalue weighted by Crippen LogP contribution is 2.41. The van der Waals surface area contributed by atoms with E-state index < -0.39 is 47.3 Å². The molecule has 2 saturated heterocycles. The van der Waals surface area contributed by atoms with Gasteiger partial charge in [-0.25, -0.2) is 4.79 Å². The Morgan fingerprint density at radius 1 is 0.940 bits per heavy atom. The number of carboxylic acids is 1. The number of nitrogens with zero attached hydrogens (tertiary/aromatic N) is 2. The van der Waals surface area contributed by atoms with Crippen molar-refractivity contribution < 1.29 is 55.4 Å². The van der Waals surface area contributed by atoms with Crippen LogP contribution in [0, 0.1) is 0 Å². The summed E-state index contributed by atoms with van der Waals surface area (Å²) in [5, 5.41) is 13.1. The highest BCUT2D eigenvalue weighted by atomic mass is 32.2. The fourth-order valence-electron chi connectivity index (χ4n) is 5.15. The predicted molar refractivity (Wildman–Crippen MR) is 177 cm³/mol. The smallest absolute Gasteiger partial charge is 0.416 e. The van der Waals surface area contributed by atoms with Crippen LogP contribution in [-0.2, 0) is 31.5 Å². The molecule has 3 amide bonds. The molecule has 5 rings (SSSR count). The Morgan fingerprint density at radius 3 is 2.14 bits per heavy atom. The molecule has 18 heteroatoms. The van der Waals surface area contributed by atoms with E-state index in [1.807, 2.05) is 0 Å². The quantitative estimate of drug-likeness (QED) is 0.136. The summed E-state index contributed by atoms with van der Waals surface area (Å²) in [5.41, 5.74) is -2.90. The van der Waals surface area contributed by atoms with Gasteiger partial charge in [0.1, 0.15) is 4.32 Å². The molecule has 2 aliphatic heterocycles. The Morgan fingerprint density at radius 2 is 1.56 bits per heavy atom. The fraction of sp³-hybridized carbons (Fsp3) is 0.281. The lowest BCUT2D eigenvalue weighted by Crippen LogP contribution is -2.47. The number of anilines is 1. The summed E-state index contributed by atoms with van der Waals surface area (Å²) in [5.74, 6) is -2.74. The molecule has 0 aliphatic carbocycles. The number of carboxylic acid groups (broad SMARTS) is 1. The number of hydrogen-bond donors (Lipinski definition) is 2. The maximum absolute atomic E-state index is 13.7. The molecule has 3 heterocycles. The largest absolute Gasteiger partial charge is 0.478 e. The number of carbonyl (C=O) groups is 4. The number of nitrogens with one attached hydrogen (secondary N) is 1. The van der Waals surface area contributed by atoms with Crippen molar-refractivity contribution in [2.45, 2.75) is 31.2 Å². The van der Waals surface area contributed by atoms with Gasteiger partial charge in [0.15, 0.2) is 0 Å². The summed E-state index contributed by atoms with van der Waals surface area (Å²) in [4.78, 5) is 54.3. The van der Waals surface area contributed by atoms with Crippen LogP contribution < -0.4 is 5.32 Å². The molecule has 50 heavy (non-hydrogen) atoms. The molecule has 2 fully saturated rings. The molecule has 0 spiro atoms. The number of aromatic carboxylic acids is 1. The first-order valence-corrected chi connectivity index (χ1v) is 16.7. The molecule has 0 bridgehead atoms. The van der Waals surface area contributed by atoms with Gasteiger partial charge in [0, 0.05) is 36.5 Å². The second-order valence-corrected chi connectivity index (χ2v) is 13.7. The van der Waals surface area contributed by atoms with Crippen LogP contribution in [0.25, 0.3) is 17.2 Å². The number of halogens is 6. The van der Waals surface area contributed by atoms with E-state index in [1.165, 1.54) is 46.7 Å². The minimum atomic E-state index is -5.02. The predicted octanol–water partition coefficient (Wildman–Crippen LogP) is 7.00. The van der Waals surface area contributed by atoms with Crippen molar-refractivity contribution in [2.24, 2.45) is 0 Å². The van der Waals surface area contributed by atoms with Crippen LogP contribution in [0.15, 0.2) is 58.8 Å². The molecule has 3 aromatic rings. The summed E-state index contributed by atoms with van der Waals surface area (Å²) >= 11 is 7.32. The average molecular weight is 758 g/mol. The molecule has 2 aromatic carbocycles. The average Bonchev–Trinajstić information content (AvgIpc) is 3.63. The molecule has 2 aliphatic rings. The summed E-state index contributed by atoms with van der Waals surface area (Å²) in [6, 6.07) is 6.93. The van der Waals surface area contributed by atoms with Crippen LogP contribution >= 0.6 is 35.3 Å². The Balaban J connectivity index is 1.38. The lowest BCUT2D eigenvalue weighted by molar-refractivity contribution is -0.143. The zero-order valence-electron chi connectivity index (χ0n) is 25.5. The van der Waals surface area contributed by atoms with E-state index in [9.17, 15) is 45.5 Å². The van der Waals surface area contributed by atoms with Crippen molar-refractivity contribution >= 4 is 75.1 Å². The van der Waals surface area contributed by atoms with E-state index in [0.29, 0.717) is 43.3 Å². The number of thiocarbonyl (C=S) groups is 1. The van der Waals surface area contributed by atoms with Crippen LogP contribution in [0.3, 0.4) is 0 Å². The van der Waals surface area contributed by atoms with E-state index in [1.54, 1.807) is 0 Å². The van der Waals surface area contributed by atoms with Gasteiger partial charge in [0.05, 0.1) is 40.9 Å². The molecule has 0 radical (unpaired) electrons. The molecular formula is C32H25F6N3O6S3. The van der Waals surface area contributed by atoms with E-state index in [-0.39, 0.29) is 56.4 Å². The van der Waals surface area contributed by atoms with E-state index in [2.05, 4.69) is 5.32 Å². The summed E-state index contributed by atoms with van der Waals surface area (Å²) < 4.78 is 85.8. The van der Waals surface area contributed by atoms with Crippen LogP contribution in [0.2, 0.25) is 0 Å². The third kappa shape index (κ3) is 8.90. The minimum Gasteiger partial charge on any atom is -0.478 e. The lowest BCUT2D eigenvalue weighted by atomic mass is 10.0. The number of carbonyl (C=O) groups excluding carboxylic acids is 3. The fourth-order valence-corrected chi connectivity index (χ4v) is 7.46. The maximum atomic E-state index is 13.7. The van der Waals surface area contributed by atoms with Crippen molar-refractivity contribution in [3.63, 3.8) is 0 Å². The molecule has 0 saturated carbocycles. The van der Waals surface area contributed by atoms with Crippen LogP contribution in [0.5, 0.6) is 0 Å². The van der Waals surface area contributed by atoms with Crippen LogP contribution in [-0.4, -0.2) is 75.3 Å². The van der Waals surface area contributed by atoms with Gasteiger partial charge in [-0.1, -0.05) is 24.0 Å². The number of alkyl halides is 6. The van der Waals surface area contributed by atoms with Gasteiger partial charge in [0.2, 0.25) is 11.8 Å². The summed E-state index contributed by atoms with van der Waals surface area (Å²) in [6.07, 6.45) is -9.30. The summed E-state index contributed by atoms with van der Waals surface area (Å²) in [6.45, 7) is 1.24. The van der Waals surface area contributed by atoms with Gasteiger partial charge in [0.25, 0.3) is 5.91 Å². The number of benzene rings is 2. The van der Waals surface area contributed by atoms with E-state index in [0.717, 1.165) is 28.0 Å². The molecule has 264 valence electrons. The second-order valence-electron chi connectivity index (χ2n) is 11.1. The van der Waals surface area contributed by atoms with Crippen molar-refractivity contribution in [2.75, 3.05) is 31.6 Å². The third-order valence-electron chi connectivity index (χ3n) is 7.61. The topological polar surface area (TPSA) is 116 Å². The number of thiophene rings is 1. The van der Waals surface area contributed by atoms with Gasteiger partial charge in [-0.2, -0.15) is 26.3 Å². The molecule has 2 N–H and O–H groups in total. The monoisotopic (exact) mass is 757 g/mol. The first-order chi connectivity index (χ1) is 23.5. The van der Waals surface area contributed by atoms with Gasteiger partial charge >= 0.3 is 18.3 Å². The van der Waals surface area contributed by atoms with Crippen molar-refractivity contribution in [1.29, 1.82) is 0 Å². The maximum Gasteiger partial charge on any atom is 0.416 e. The van der Waals surface area contributed by atoms with Crippen LogP contribution in [0.4, 0.5) is 32.0 Å². The molecular weight excluding hydrogens is 733 g/mol. The van der Waals surface area contributed by atoms with Gasteiger partial charge in [-0.05, 0) is 71.1 Å². The molecule has 1 aromatic heterocycles. The normalized spacial score (nSPS) is 17.0. The Hall–Kier alpha value is -4.26. The van der Waals surface area contributed by atoms with Crippen molar-refractivity contribution in [1.82, 2.24) is 9.80 Å². The van der Waals surface area contributed by atoms with Crippen molar-refractivity contribution in [3.8, 4) is 11.1 Å². The number of morpholine rings is 1. The van der Waals surface area contributed by atoms with E-state index in [4.69, 9.17) is 22.1 Å². The standard InChI is InChI=1S/C32H25F6N3O6S3/c33-31(34,35)20-9-18(10-21(12-20)32(36,37)38)19-11-24(49-16-19)15-25-28(44)41(30(48)50-25)23(14-27(43)40-5-7-47-8-6-40)13-26(42)39-22-3-1-17(2-4-22)29(45)46/h1-4,9-12,15-16,23H,5-8,13-14H2,(H,39,42)(H,45,46)/b25-15-/t23-/m1/s1. The zero-order chi connectivity index (χ0) is 36.4. The Labute approximate surface area is 293 Å². The number of ether oxygens (including phenoxy) is 1. The first kappa shape index (κ1) is 37.0. The third-order valence-corrected chi connectivity index (χ3v) is 9.82. The highest BCUT2D eigenvalue weighted by molar-refractivity contribution is 8.26. The summed E-state index contributed by atoms with van der Waals surface area (Å²) in [7, 11) is 0. The number of thioether (sulfide) groups is 1.